The van der Waals surface area contributed by atoms with E-state index in [-0.39, 0.29) is 11.9 Å². The van der Waals surface area contributed by atoms with Crippen molar-refractivity contribution in [3.8, 4) is 5.75 Å². The highest BCUT2D eigenvalue weighted by atomic mass is 35.5. The molecule has 0 bridgehead atoms. The Morgan fingerprint density at radius 1 is 1.28 bits per heavy atom. The summed E-state index contributed by atoms with van der Waals surface area (Å²) in [5.41, 5.74) is 3.15. The first-order chi connectivity index (χ1) is 13.9. The Labute approximate surface area is 173 Å². The number of aryl methyl sites for hydroxylation is 2. The summed E-state index contributed by atoms with van der Waals surface area (Å²) in [6, 6.07) is 12.8. The first-order valence-corrected chi connectivity index (χ1v) is 10.1. The average Bonchev–Trinajstić information content (AvgIpc) is 2.69. The first-order valence-electron chi connectivity index (χ1n) is 9.71. The van der Waals surface area contributed by atoms with Crippen molar-refractivity contribution >= 4 is 28.5 Å². The molecule has 0 saturated heterocycles. The zero-order valence-electron chi connectivity index (χ0n) is 16.3. The molecule has 1 heterocycles. The fourth-order valence-electron chi connectivity index (χ4n) is 3.85. The lowest BCUT2D eigenvalue weighted by Crippen LogP contribution is -2.39. The number of nitrogens with one attached hydrogen (secondary N) is 1. The molecule has 2 atom stereocenters. The Balaban J connectivity index is 1.52. The minimum atomic E-state index is -0.754. The summed E-state index contributed by atoms with van der Waals surface area (Å²) in [5.74, 6) is 0.0909. The molecular formula is C23H22ClNO4. The van der Waals surface area contributed by atoms with Crippen LogP contribution >= 0.6 is 11.6 Å². The van der Waals surface area contributed by atoms with Crippen molar-refractivity contribution in [3.63, 3.8) is 0 Å². The number of amides is 1. The SMILES string of the molecule is Cc1cc(=O)oc2cc(OC(C)C(=O)NC3CCCc4ccccc43)c(Cl)cc12. The van der Waals surface area contributed by atoms with E-state index in [0.717, 1.165) is 30.2 Å². The first kappa shape index (κ1) is 19.5. The Bertz CT molecular complexity index is 1140. The number of benzene rings is 2. The van der Waals surface area contributed by atoms with E-state index in [4.69, 9.17) is 20.8 Å². The summed E-state index contributed by atoms with van der Waals surface area (Å²) in [7, 11) is 0. The standard InChI is InChI=1S/C23H22ClNO4/c1-13-10-22(26)29-20-12-21(18(24)11-17(13)20)28-14(2)23(27)25-19-9-5-7-15-6-3-4-8-16(15)19/h3-4,6,8,10-12,14,19H,5,7,9H2,1-2H3,(H,25,27). The minimum absolute atomic E-state index is 0.0220. The maximum absolute atomic E-state index is 12.8. The second kappa shape index (κ2) is 7.91. The van der Waals surface area contributed by atoms with Crippen LogP contribution in [0.4, 0.5) is 0 Å². The highest BCUT2D eigenvalue weighted by molar-refractivity contribution is 6.32. The van der Waals surface area contributed by atoms with E-state index in [1.807, 2.05) is 19.1 Å². The fourth-order valence-corrected chi connectivity index (χ4v) is 4.06. The van der Waals surface area contributed by atoms with Crippen LogP contribution in [0.1, 0.15) is 42.5 Å². The minimum Gasteiger partial charge on any atom is -0.479 e. The van der Waals surface area contributed by atoms with Gasteiger partial charge in [-0.1, -0.05) is 35.9 Å². The van der Waals surface area contributed by atoms with Crippen LogP contribution in [0.25, 0.3) is 11.0 Å². The van der Waals surface area contributed by atoms with Crippen LogP contribution in [-0.2, 0) is 11.2 Å². The normalized spacial score (nSPS) is 16.9. The van der Waals surface area contributed by atoms with Gasteiger partial charge in [-0.25, -0.2) is 4.79 Å². The molecule has 2 aromatic carbocycles. The molecule has 0 radical (unpaired) electrons. The number of hydrogen-bond acceptors (Lipinski definition) is 4. The number of hydrogen-bond donors (Lipinski definition) is 1. The second-order valence-electron chi connectivity index (χ2n) is 7.44. The third kappa shape index (κ3) is 4.01. The number of carbonyl (C=O) groups excluding carboxylic acids is 1. The summed E-state index contributed by atoms with van der Waals surface area (Å²) < 4.78 is 11.1. The van der Waals surface area contributed by atoms with Crippen LogP contribution in [0.3, 0.4) is 0 Å². The Hall–Kier alpha value is -2.79. The zero-order chi connectivity index (χ0) is 20.5. The summed E-state index contributed by atoms with van der Waals surface area (Å²) >= 11 is 6.35. The van der Waals surface area contributed by atoms with Gasteiger partial charge in [-0.2, -0.15) is 0 Å². The molecule has 5 nitrogen and oxygen atoms in total. The van der Waals surface area contributed by atoms with Gasteiger partial charge in [-0.3, -0.25) is 4.79 Å². The average molecular weight is 412 g/mol. The molecule has 1 aliphatic rings. The number of ether oxygens (including phenoxy) is 1. The van der Waals surface area contributed by atoms with E-state index in [0.29, 0.717) is 16.4 Å². The van der Waals surface area contributed by atoms with Gasteiger partial charge in [0, 0.05) is 17.5 Å². The van der Waals surface area contributed by atoms with Crippen LogP contribution in [0.15, 0.2) is 51.7 Å². The predicted molar refractivity (Wildman–Crippen MR) is 113 cm³/mol. The lowest BCUT2D eigenvalue weighted by atomic mass is 9.87. The van der Waals surface area contributed by atoms with Crippen molar-refractivity contribution in [1.29, 1.82) is 0 Å². The van der Waals surface area contributed by atoms with Gasteiger partial charge in [0.1, 0.15) is 11.3 Å². The van der Waals surface area contributed by atoms with E-state index in [9.17, 15) is 9.59 Å². The van der Waals surface area contributed by atoms with E-state index >= 15 is 0 Å². The molecule has 0 fully saturated rings. The third-order valence-corrected chi connectivity index (χ3v) is 5.66. The maximum atomic E-state index is 12.8. The topological polar surface area (TPSA) is 68.5 Å². The molecule has 2 unspecified atom stereocenters. The molecule has 4 rings (SSSR count). The Morgan fingerprint density at radius 2 is 2.07 bits per heavy atom. The largest absolute Gasteiger partial charge is 0.479 e. The van der Waals surface area contributed by atoms with Gasteiger partial charge in [0.25, 0.3) is 5.91 Å². The molecular weight excluding hydrogens is 390 g/mol. The van der Waals surface area contributed by atoms with Gasteiger partial charge in [0.2, 0.25) is 0 Å². The fraction of sp³-hybridized carbons (Fsp3) is 0.304. The second-order valence-corrected chi connectivity index (χ2v) is 7.85. The summed E-state index contributed by atoms with van der Waals surface area (Å²) in [6.07, 6.45) is 2.21. The molecule has 1 aliphatic carbocycles. The Morgan fingerprint density at radius 3 is 2.90 bits per heavy atom. The van der Waals surface area contributed by atoms with Gasteiger partial charge in [0.15, 0.2) is 6.10 Å². The maximum Gasteiger partial charge on any atom is 0.336 e. The number of carbonyl (C=O) groups is 1. The predicted octanol–water partition coefficient (Wildman–Crippen LogP) is 4.72. The van der Waals surface area contributed by atoms with Crippen molar-refractivity contribution in [1.82, 2.24) is 5.32 Å². The van der Waals surface area contributed by atoms with Gasteiger partial charge in [0.05, 0.1) is 11.1 Å². The van der Waals surface area contributed by atoms with Gasteiger partial charge in [-0.15, -0.1) is 0 Å². The van der Waals surface area contributed by atoms with Crippen LogP contribution in [-0.4, -0.2) is 12.0 Å². The van der Waals surface area contributed by atoms with Crippen molar-refractivity contribution in [2.45, 2.75) is 45.3 Å². The molecule has 0 saturated carbocycles. The van der Waals surface area contributed by atoms with Crippen molar-refractivity contribution < 1.29 is 13.9 Å². The number of fused-ring (bicyclic) bond motifs is 2. The lowest BCUT2D eigenvalue weighted by molar-refractivity contribution is -0.128. The van der Waals surface area contributed by atoms with Crippen molar-refractivity contribution in [2.24, 2.45) is 0 Å². The van der Waals surface area contributed by atoms with Gasteiger partial charge >= 0.3 is 5.63 Å². The highest BCUT2D eigenvalue weighted by Gasteiger charge is 2.25. The summed E-state index contributed by atoms with van der Waals surface area (Å²) in [6.45, 7) is 3.49. The van der Waals surface area contributed by atoms with Crippen LogP contribution in [0.2, 0.25) is 5.02 Å². The highest BCUT2D eigenvalue weighted by Crippen LogP contribution is 2.32. The Kier molecular flexibility index (Phi) is 5.33. The van der Waals surface area contributed by atoms with Gasteiger partial charge in [-0.05, 0) is 55.9 Å². The third-order valence-electron chi connectivity index (χ3n) is 5.36. The molecule has 0 aliphatic heterocycles. The molecule has 29 heavy (non-hydrogen) atoms. The zero-order valence-corrected chi connectivity index (χ0v) is 17.1. The molecule has 150 valence electrons. The molecule has 6 heteroatoms. The van der Waals surface area contributed by atoms with E-state index < -0.39 is 11.7 Å². The van der Waals surface area contributed by atoms with Crippen LogP contribution in [0.5, 0.6) is 5.75 Å². The summed E-state index contributed by atoms with van der Waals surface area (Å²) in [4.78, 5) is 24.4. The molecule has 1 amide bonds. The van der Waals surface area contributed by atoms with Crippen LogP contribution in [0, 0.1) is 6.92 Å². The number of rotatable bonds is 4. The van der Waals surface area contributed by atoms with Crippen molar-refractivity contribution in [2.75, 3.05) is 0 Å². The quantitative estimate of drug-likeness (QED) is 0.631. The monoisotopic (exact) mass is 411 g/mol. The van der Waals surface area contributed by atoms with Crippen molar-refractivity contribution in [3.05, 3.63) is 74.6 Å². The van der Waals surface area contributed by atoms with Crippen LogP contribution < -0.4 is 15.7 Å². The van der Waals surface area contributed by atoms with Gasteiger partial charge < -0.3 is 14.5 Å². The molecule has 1 N–H and O–H groups in total. The molecule has 1 aromatic heterocycles. The van der Waals surface area contributed by atoms with E-state index in [2.05, 4.69) is 17.4 Å². The molecule has 0 spiro atoms. The molecule has 3 aromatic rings. The lowest BCUT2D eigenvalue weighted by Gasteiger charge is -2.27. The smallest absolute Gasteiger partial charge is 0.336 e. The van der Waals surface area contributed by atoms with E-state index in [1.54, 1.807) is 19.1 Å². The van der Waals surface area contributed by atoms with E-state index in [1.165, 1.54) is 17.2 Å². The summed E-state index contributed by atoms with van der Waals surface area (Å²) in [5, 5.41) is 4.18. The number of halogens is 1.